The van der Waals surface area contributed by atoms with Gasteiger partial charge in [0.2, 0.25) is 0 Å². The predicted molar refractivity (Wildman–Crippen MR) is 123 cm³/mol. The Labute approximate surface area is 172 Å². The first-order chi connectivity index (χ1) is 13.8. The highest BCUT2D eigenvalue weighted by molar-refractivity contribution is 7.80. The van der Waals surface area contributed by atoms with Crippen LogP contribution in [0.1, 0.15) is 30.4 Å². The van der Waals surface area contributed by atoms with Gasteiger partial charge in [0.1, 0.15) is 0 Å². The van der Waals surface area contributed by atoms with Gasteiger partial charge in [-0.25, -0.2) is 0 Å². The second-order valence-electron chi connectivity index (χ2n) is 7.06. The van der Waals surface area contributed by atoms with Crippen LogP contribution in [0.4, 0.5) is 0 Å². The molecule has 2 nitrogen and oxygen atoms in total. The number of allylic oxidation sites excluding steroid dienone is 3. The van der Waals surface area contributed by atoms with Crippen molar-refractivity contribution >= 4 is 29.5 Å². The number of thiocarbonyl (C=S) groups is 1. The maximum absolute atomic E-state index is 5.49. The van der Waals surface area contributed by atoms with Gasteiger partial charge in [0.05, 0.1) is 6.04 Å². The lowest BCUT2D eigenvalue weighted by atomic mass is 9.86. The highest BCUT2D eigenvalue weighted by Crippen LogP contribution is 2.32. The topological polar surface area (TPSA) is 24.1 Å². The van der Waals surface area contributed by atoms with E-state index in [9.17, 15) is 0 Å². The Morgan fingerprint density at radius 2 is 1.54 bits per heavy atom. The number of benzene rings is 2. The average molecular weight is 385 g/mol. The Morgan fingerprint density at radius 3 is 2.25 bits per heavy atom. The van der Waals surface area contributed by atoms with Crippen LogP contribution in [-0.4, -0.2) is 11.2 Å². The largest absolute Gasteiger partial charge is 0.352 e. The van der Waals surface area contributed by atoms with Crippen molar-refractivity contribution in [3.8, 4) is 0 Å². The highest BCUT2D eigenvalue weighted by Gasteiger charge is 2.27. The van der Waals surface area contributed by atoms with E-state index >= 15 is 0 Å². The van der Waals surface area contributed by atoms with Crippen molar-refractivity contribution in [1.29, 1.82) is 0 Å². The van der Waals surface area contributed by atoms with Crippen LogP contribution in [0, 0.1) is 0 Å². The van der Waals surface area contributed by atoms with Crippen molar-refractivity contribution in [3.63, 3.8) is 0 Å². The highest BCUT2D eigenvalue weighted by atomic mass is 32.1. The second kappa shape index (κ2) is 8.85. The predicted octanol–water partition coefficient (Wildman–Crippen LogP) is 5.62. The standard InChI is InChI=1S/C25H24N2S/c28-25-26-23(18-17-20-11-5-2-6-12-20)22-16-8-15-21(24(22)27-25)14-7-13-19-9-3-1-4-10-19/h1-7,9-14,17-18,23H,8,15-16H2,(H2,26,27,28)/b13-7+,18-17+,21-14+. The molecule has 1 heterocycles. The second-order valence-corrected chi connectivity index (χ2v) is 7.47. The smallest absolute Gasteiger partial charge is 0.171 e. The quantitative estimate of drug-likeness (QED) is 0.669. The van der Waals surface area contributed by atoms with Crippen LogP contribution >= 0.6 is 12.2 Å². The maximum Gasteiger partial charge on any atom is 0.171 e. The minimum atomic E-state index is 0.144. The Bertz CT molecular complexity index is 953. The fourth-order valence-electron chi connectivity index (χ4n) is 3.72. The van der Waals surface area contributed by atoms with Gasteiger partial charge in [-0.3, -0.25) is 0 Å². The molecule has 140 valence electrons. The molecule has 1 unspecified atom stereocenters. The first-order valence-corrected chi connectivity index (χ1v) is 10.2. The molecule has 4 rings (SSSR count). The summed E-state index contributed by atoms with van der Waals surface area (Å²) in [4.78, 5) is 0. The van der Waals surface area contributed by atoms with Crippen LogP contribution in [0.2, 0.25) is 0 Å². The summed E-state index contributed by atoms with van der Waals surface area (Å²) >= 11 is 5.49. The van der Waals surface area contributed by atoms with Gasteiger partial charge in [-0.1, -0.05) is 91.0 Å². The van der Waals surface area contributed by atoms with Gasteiger partial charge in [0.15, 0.2) is 5.11 Å². The Balaban J connectivity index is 1.59. The number of rotatable bonds is 4. The summed E-state index contributed by atoms with van der Waals surface area (Å²) in [6.45, 7) is 0. The van der Waals surface area contributed by atoms with Crippen molar-refractivity contribution in [1.82, 2.24) is 10.6 Å². The lowest BCUT2D eigenvalue weighted by Crippen LogP contribution is -2.48. The summed E-state index contributed by atoms with van der Waals surface area (Å²) in [6, 6.07) is 20.9. The fraction of sp³-hybridized carbons (Fsp3) is 0.160. The zero-order chi connectivity index (χ0) is 19.2. The monoisotopic (exact) mass is 384 g/mol. The molecule has 0 saturated heterocycles. The lowest BCUT2D eigenvalue weighted by Gasteiger charge is -2.34. The molecule has 0 amide bonds. The minimum absolute atomic E-state index is 0.144. The van der Waals surface area contributed by atoms with Gasteiger partial charge in [0.25, 0.3) is 0 Å². The first-order valence-electron chi connectivity index (χ1n) is 9.76. The van der Waals surface area contributed by atoms with E-state index in [1.165, 1.54) is 28.0 Å². The zero-order valence-corrected chi connectivity index (χ0v) is 16.6. The van der Waals surface area contributed by atoms with Crippen LogP contribution in [0.5, 0.6) is 0 Å². The summed E-state index contributed by atoms with van der Waals surface area (Å²) in [5.74, 6) is 0. The normalized spacial score (nSPS) is 21.1. The van der Waals surface area contributed by atoms with E-state index in [1.54, 1.807) is 0 Å². The molecule has 2 aromatic rings. The van der Waals surface area contributed by atoms with Crippen LogP contribution < -0.4 is 10.6 Å². The third-order valence-electron chi connectivity index (χ3n) is 5.10. The van der Waals surface area contributed by atoms with E-state index in [0.29, 0.717) is 5.11 Å². The molecule has 0 saturated carbocycles. The zero-order valence-electron chi connectivity index (χ0n) is 15.8. The average Bonchev–Trinajstić information content (AvgIpc) is 2.74. The lowest BCUT2D eigenvalue weighted by molar-refractivity contribution is 0.648. The van der Waals surface area contributed by atoms with Crippen LogP contribution in [0.15, 0.2) is 95.7 Å². The number of hydrogen-bond acceptors (Lipinski definition) is 1. The fourth-order valence-corrected chi connectivity index (χ4v) is 3.95. The summed E-state index contributed by atoms with van der Waals surface area (Å²) in [6.07, 6.45) is 14.2. The molecule has 2 N–H and O–H groups in total. The third-order valence-corrected chi connectivity index (χ3v) is 5.32. The molecule has 3 heteroatoms. The van der Waals surface area contributed by atoms with Gasteiger partial charge in [-0.05, 0) is 53.8 Å². The minimum Gasteiger partial charge on any atom is -0.352 e. The van der Waals surface area contributed by atoms with Crippen molar-refractivity contribution in [2.75, 3.05) is 0 Å². The van der Waals surface area contributed by atoms with Crippen LogP contribution in [0.25, 0.3) is 12.2 Å². The molecule has 2 aliphatic rings. The van der Waals surface area contributed by atoms with Gasteiger partial charge in [0, 0.05) is 5.70 Å². The van der Waals surface area contributed by atoms with E-state index in [2.05, 4.69) is 89.5 Å². The van der Waals surface area contributed by atoms with Crippen molar-refractivity contribution in [3.05, 3.63) is 107 Å². The molecule has 0 radical (unpaired) electrons. The van der Waals surface area contributed by atoms with E-state index in [4.69, 9.17) is 12.2 Å². The maximum atomic E-state index is 5.49. The Hall–Kier alpha value is -2.91. The molecule has 28 heavy (non-hydrogen) atoms. The van der Waals surface area contributed by atoms with Crippen LogP contribution in [-0.2, 0) is 0 Å². The summed E-state index contributed by atoms with van der Waals surface area (Å²) in [7, 11) is 0. The van der Waals surface area contributed by atoms with E-state index < -0.39 is 0 Å². The van der Waals surface area contributed by atoms with E-state index in [-0.39, 0.29) is 6.04 Å². The molecular formula is C25H24N2S. The summed E-state index contributed by atoms with van der Waals surface area (Å²) in [5.41, 5.74) is 6.34. The summed E-state index contributed by atoms with van der Waals surface area (Å²) in [5, 5.41) is 7.52. The van der Waals surface area contributed by atoms with Gasteiger partial charge < -0.3 is 10.6 Å². The third kappa shape index (κ3) is 4.49. The van der Waals surface area contributed by atoms with Gasteiger partial charge in [-0.2, -0.15) is 0 Å². The Kier molecular flexibility index (Phi) is 5.83. The Morgan fingerprint density at radius 1 is 0.857 bits per heavy atom. The molecule has 0 spiro atoms. The van der Waals surface area contributed by atoms with E-state index in [0.717, 1.165) is 19.3 Å². The molecule has 0 aromatic heterocycles. The van der Waals surface area contributed by atoms with Gasteiger partial charge in [-0.15, -0.1) is 0 Å². The van der Waals surface area contributed by atoms with Crippen molar-refractivity contribution in [2.24, 2.45) is 0 Å². The molecule has 0 fully saturated rings. The molecule has 1 aliphatic heterocycles. The van der Waals surface area contributed by atoms with Crippen LogP contribution in [0.3, 0.4) is 0 Å². The number of hydrogen-bond donors (Lipinski definition) is 2. The molecular weight excluding hydrogens is 360 g/mol. The molecule has 1 atom stereocenters. The molecule has 0 bridgehead atoms. The van der Waals surface area contributed by atoms with E-state index in [1.807, 2.05) is 12.1 Å². The SMILES string of the molecule is S=C1NC2=C(CCC/C2=C\C=C\c2ccccc2)C(/C=C/c2ccccc2)N1. The number of nitrogens with one attached hydrogen (secondary N) is 2. The molecule has 1 aliphatic carbocycles. The molecule has 2 aromatic carbocycles. The van der Waals surface area contributed by atoms with Gasteiger partial charge >= 0.3 is 0 Å². The summed E-state index contributed by atoms with van der Waals surface area (Å²) < 4.78 is 0. The van der Waals surface area contributed by atoms with Crippen molar-refractivity contribution in [2.45, 2.75) is 25.3 Å². The van der Waals surface area contributed by atoms with Crippen molar-refractivity contribution < 1.29 is 0 Å². The first kappa shape index (κ1) is 18.5.